The first-order valence-corrected chi connectivity index (χ1v) is 7.79. The molecule has 0 saturated carbocycles. The fourth-order valence-electron chi connectivity index (χ4n) is 1.93. The lowest BCUT2D eigenvalue weighted by Crippen LogP contribution is -2.19. The van der Waals surface area contributed by atoms with Gasteiger partial charge in [0, 0.05) is 22.5 Å². The van der Waals surface area contributed by atoms with Gasteiger partial charge in [-0.25, -0.2) is 0 Å². The minimum atomic E-state index is 0.681. The lowest BCUT2D eigenvalue weighted by molar-refractivity contribution is 0.543. The highest BCUT2D eigenvalue weighted by atomic mass is 32.1. The van der Waals surface area contributed by atoms with Crippen LogP contribution in [0.3, 0.4) is 0 Å². The molecule has 0 radical (unpaired) electrons. The Morgan fingerprint density at radius 2 is 2.05 bits per heavy atom. The van der Waals surface area contributed by atoms with E-state index in [0.717, 1.165) is 31.7 Å². The maximum Gasteiger partial charge on any atom is 0.0762 e. The van der Waals surface area contributed by atoms with E-state index in [9.17, 15) is 0 Å². The molecule has 0 aliphatic rings. The van der Waals surface area contributed by atoms with E-state index in [1.54, 1.807) is 0 Å². The van der Waals surface area contributed by atoms with Crippen molar-refractivity contribution in [3.63, 3.8) is 0 Å². The topological polar surface area (TPSA) is 29.9 Å². The smallest absolute Gasteiger partial charge is 0.0762 e. The van der Waals surface area contributed by atoms with Crippen LogP contribution in [0.5, 0.6) is 0 Å². The Hall–Kier alpha value is -1.13. The van der Waals surface area contributed by atoms with Crippen LogP contribution in [0.15, 0.2) is 24.4 Å². The molecule has 0 aliphatic heterocycles. The van der Waals surface area contributed by atoms with E-state index in [1.807, 2.05) is 16.0 Å². The van der Waals surface area contributed by atoms with Gasteiger partial charge in [-0.05, 0) is 37.1 Å². The summed E-state index contributed by atoms with van der Waals surface area (Å²) in [5.74, 6) is 0.681. The molecule has 3 nitrogen and oxygen atoms in total. The quantitative estimate of drug-likeness (QED) is 0.841. The fourth-order valence-corrected chi connectivity index (χ4v) is 2.88. The van der Waals surface area contributed by atoms with Gasteiger partial charge < -0.3 is 5.32 Å². The number of aromatic nitrogens is 2. The van der Waals surface area contributed by atoms with Crippen molar-refractivity contribution >= 4 is 11.3 Å². The van der Waals surface area contributed by atoms with Crippen LogP contribution in [-0.2, 0) is 19.5 Å². The minimum absolute atomic E-state index is 0.681. The van der Waals surface area contributed by atoms with E-state index in [2.05, 4.69) is 55.6 Å². The number of aryl methyl sites for hydroxylation is 1. The van der Waals surface area contributed by atoms with Crippen molar-refractivity contribution in [2.75, 3.05) is 6.54 Å². The van der Waals surface area contributed by atoms with E-state index in [-0.39, 0.29) is 0 Å². The molecule has 0 spiro atoms. The molecule has 2 heterocycles. The van der Waals surface area contributed by atoms with Crippen LogP contribution in [0.25, 0.3) is 0 Å². The number of hydrogen-bond acceptors (Lipinski definition) is 3. The number of nitrogens with one attached hydrogen (secondary N) is 1. The van der Waals surface area contributed by atoms with Crippen molar-refractivity contribution in [3.8, 4) is 0 Å². The fraction of sp³-hybridized carbons (Fsp3) is 0.533. The first kappa shape index (κ1) is 14.3. The number of hydrogen-bond donors (Lipinski definition) is 1. The second-order valence-electron chi connectivity index (χ2n) is 5.25. The van der Waals surface area contributed by atoms with Crippen LogP contribution < -0.4 is 5.32 Å². The van der Waals surface area contributed by atoms with Gasteiger partial charge in [0.25, 0.3) is 0 Å². The maximum absolute atomic E-state index is 4.60. The van der Waals surface area contributed by atoms with Crippen molar-refractivity contribution in [2.24, 2.45) is 5.92 Å². The average molecular weight is 277 g/mol. The van der Waals surface area contributed by atoms with Gasteiger partial charge in [-0.3, -0.25) is 4.68 Å². The summed E-state index contributed by atoms with van der Waals surface area (Å²) in [5.41, 5.74) is 1.12. The van der Waals surface area contributed by atoms with Gasteiger partial charge in [-0.15, -0.1) is 11.3 Å². The van der Waals surface area contributed by atoms with Gasteiger partial charge in [0.15, 0.2) is 0 Å². The van der Waals surface area contributed by atoms with E-state index >= 15 is 0 Å². The summed E-state index contributed by atoms with van der Waals surface area (Å²) in [4.78, 5) is 2.82. The highest BCUT2D eigenvalue weighted by molar-refractivity contribution is 7.11. The lowest BCUT2D eigenvalue weighted by atomic mass is 10.2. The molecule has 4 heteroatoms. The molecular weight excluding hydrogens is 254 g/mol. The van der Waals surface area contributed by atoms with E-state index in [1.165, 1.54) is 9.75 Å². The van der Waals surface area contributed by atoms with Gasteiger partial charge >= 0.3 is 0 Å². The van der Waals surface area contributed by atoms with Crippen LogP contribution >= 0.6 is 11.3 Å². The monoisotopic (exact) mass is 277 g/mol. The minimum Gasteiger partial charge on any atom is -0.311 e. The molecule has 104 valence electrons. The molecule has 0 fully saturated rings. The van der Waals surface area contributed by atoms with Crippen molar-refractivity contribution < 1.29 is 0 Å². The summed E-state index contributed by atoms with van der Waals surface area (Å²) in [6.07, 6.45) is 3.19. The van der Waals surface area contributed by atoms with Crippen molar-refractivity contribution in [1.29, 1.82) is 0 Å². The van der Waals surface area contributed by atoms with Crippen LogP contribution in [0.1, 0.15) is 36.2 Å². The third kappa shape index (κ3) is 4.48. The molecule has 0 bridgehead atoms. The molecule has 0 aliphatic carbocycles. The number of rotatable bonds is 7. The van der Waals surface area contributed by atoms with Gasteiger partial charge in [0.05, 0.1) is 12.2 Å². The number of thiophene rings is 1. The third-order valence-electron chi connectivity index (χ3n) is 2.94. The zero-order chi connectivity index (χ0) is 13.7. The highest BCUT2D eigenvalue weighted by Gasteiger charge is 2.03. The molecular formula is C15H23N3S. The Labute approximate surface area is 119 Å². The predicted molar refractivity (Wildman–Crippen MR) is 81.6 cm³/mol. The van der Waals surface area contributed by atoms with Gasteiger partial charge in [0.1, 0.15) is 0 Å². The second kappa shape index (κ2) is 6.87. The normalized spacial score (nSPS) is 11.4. The van der Waals surface area contributed by atoms with Crippen LogP contribution in [0, 0.1) is 5.92 Å². The lowest BCUT2D eigenvalue weighted by Gasteiger charge is -2.05. The zero-order valence-electron chi connectivity index (χ0n) is 12.0. The second-order valence-corrected chi connectivity index (χ2v) is 6.50. The standard InChI is InChI=1S/C15H23N3S/c1-4-14-5-6-15(19-14)11-18-8-7-13(17-18)10-16-9-12(2)3/h5-8,12,16H,4,9-11H2,1-3H3. The Morgan fingerprint density at radius 3 is 2.74 bits per heavy atom. The average Bonchev–Trinajstić information content (AvgIpc) is 2.99. The maximum atomic E-state index is 4.60. The van der Waals surface area contributed by atoms with Gasteiger partial charge in [-0.1, -0.05) is 20.8 Å². The molecule has 0 amide bonds. The summed E-state index contributed by atoms with van der Waals surface area (Å²) in [7, 11) is 0. The van der Waals surface area contributed by atoms with Gasteiger partial charge in [-0.2, -0.15) is 5.10 Å². The molecule has 0 atom stereocenters. The SMILES string of the molecule is CCc1ccc(Cn2ccc(CNCC(C)C)n2)s1. The summed E-state index contributed by atoms with van der Waals surface area (Å²) < 4.78 is 2.03. The van der Waals surface area contributed by atoms with Crippen LogP contribution in [0.2, 0.25) is 0 Å². The van der Waals surface area contributed by atoms with Crippen molar-refractivity contribution in [1.82, 2.24) is 15.1 Å². The van der Waals surface area contributed by atoms with Crippen LogP contribution in [0.4, 0.5) is 0 Å². The molecule has 2 rings (SSSR count). The third-order valence-corrected chi connectivity index (χ3v) is 4.15. The first-order valence-electron chi connectivity index (χ1n) is 6.98. The zero-order valence-corrected chi connectivity index (χ0v) is 12.8. The van der Waals surface area contributed by atoms with Crippen LogP contribution in [-0.4, -0.2) is 16.3 Å². The molecule has 2 aromatic rings. The summed E-state index contributed by atoms with van der Waals surface area (Å²) >= 11 is 1.88. The molecule has 0 aromatic carbocycles. The molecule has 1 N–H and O–H groups in total. The summed E-state index contributed by atoms with van der Waals surface area (Å²) in [6, 6.07) is 6.53. The Bertz CT molecular complexity index is 499. The summed E-state index contributed by atoms with van der Waals surface area (Å²) in [6.45, 7) is 9.41. The number of nitrogens with zero attached hydrogens (tertiary/aromatic N) is 2. The van der Waals surface area contributed by atoms with E-state index in [0.29, 0.717) is 5.92 Å². The Kier molecular flexibility index (Phi) is 5.16. The largest absolute Gasteiger partial charge is 0.311 e. The Balaban J connectivity index is 1.86. The molecule has 2 aromatic heterocycles. The van der Waals surface area contributed by atoms with E-state index in [4.69, 9.17) is 0 Å². The molecule has 19 heavy (non-hydrogen) atoms. The predicted octanol–water partition coefficient (Wildman–Crippen LogP) is 3.30. The summed E-state index contributed by atoms with van der Waals surface area (Å²) in [5, 5.41) is 8.02. The Morgan fingerprint density at radius 1 is 1.26 bits per heavy atom. The van der Waals surface area contributed by atoms with E-state index < -0.39 is 0 Å². The first-order chi connectivity index (χ1) is 9.17. The molecule has 0 unspecified atom stereocenters. The molecule has 0 saturated heterocycles. The van der Waals surface area contributed by atoms with Crippen molar-refractivity contribution in [3.05, 3.63) is 39.8 Å². The van der Waals surface area contributed by atoms with Gasteiger partial charge in [0.2, 0.25) is 0 Å². The van der Waals surface area contributed by atoms with Crippen molar-refractivity contribution in [2.45, 2.75) is 40.3 Å². The highest BCUT2D eigenvalue weighted by Crippen LogP contribution is 2.17.